The van der Waals surface area contributed by atoms with E-state index in [-0.39, 0.29) is 12.4 Å². The normalized spacial score (nSPS) is 23.2. The number of carbonyl (C=O) groups is 1. The summed E-state index contributed by atoms with van der Waals surface area (Å²) in [5.74, 6) is -0.568. The van der Waals surface area contributed by atoms with Crippen molar-refractivity contribution in [1.29, 1.82) is 0 Å². The van der Waals surface area contributed by atoms with Crippen molar-refractivity contribution in [3.8, 4) is 0 Å². The third kappa shape index (κ3) is 5.20. The highest BCUT2D eigenvalue weighted by Gasteiger charge is 2.56. The number of aromatic nitrogens is 4. The number of imidazole rings is 1. The van der Waals surface area contributed by atoms with Gasteiger partial charge in [0.05, 0.1) is 6.33 Å². The molecule has 6 rings (SSSR count). The van der Waals surface area contributed by atoms with Gasteiger partial charge in [-0.1, -0.05) is 30.3 Å². The molecule has 4 heterocycles. The van der Waals surface area contributed by atoms with Crippen LogP contribution in [0.25, 0.3) is 11.2 Å². The highest BCUT2D eigenvalue weighted by atomic mass is 19.1. The van der Waals surface area contributed by atoms with E-state index in [1.165, 1.54) is 18.5 Å². The number of benzene rings is 2. The Morgan fingerprint density at radius 2 is 1.90 bits per heavy atom. The third-order valence-corrected chi connectivity index (χ3v) is 6.81. The van der Waals surface area contributed by atoms with E-state index in [2.05, 4.69) is 20.3 Å². The van der Waals surface area contributed by atoms with E-state index in [0.29, 0.717) is 29.2 Å². The Bertz CT molecular complexity index is 1520. The van der Waals surface area contributed by atoms with Gasteiger partial charge in [-0.05, 0) is 43.7 Å². The zero-order chi connectivity index (χ0) is 27.9. The maximum absolute atomic E-state index is 13.7. The van der Waals surface area contributed by atoms with Crippen molar-refractivity contribution >= 4 is 28.8 Å². The lowest BCUT2D eigenvalue weighted by Crippen LogP contribution is -2.34. The fourth-order valence-corrected chi connectivity index (χ4v) is 5.14. The number of ether oxygens (including phenoxy) is 4. The van der Waals surface area contributed by atoms with Gasteiger partial charge in [-0.15, -0.1) is 0 Å². The number of para-hydroxylation sites is 1. The summed E-state index contributed by atoms with van der Waals surface area (Å²) in [4.78, 5) is 27.8. The Kier molecular flexibility index (Phi) is 6.82. The van der Waals surface area contributed by atoms with Gasteiger partial charge >= 0.3 is 6.09 Å². The molecule has 0 radical (unpaired) electrons. The van der Waals surface area contributed by atoms with E-state index in [1.54, 1.807) is 29.1 Å². The van der Waals surface area contributed by atoms with Crippen LogP contribution < -0.4 is 10.2 Å². The molecule has 11 nitrogen and oxygen atoms in total. The fourth-order valence-electron chi connectivity index (χ4n) is 5.14. The van der Waals surface area contributed by atoms with Gasteiger partial charge in [0.15, 0.2) is 29.0 Å². The lowest BCUT2D eigenvalue weighted by Gasteiger charge is -2.24. The molecule has 12 heteroatoms. The topological polar surface area (TPSA) is 113 Å². The smallest absolute Gasteiger partial charge is 0.411 e. The second-order valence-electron chi connectivity index (χ2n) is 10.2. The van der Waals surface area contributed by atoms with E-state index < -0.39 is 36.4 Å². The molecule has 2 aromatic carbocycles. The van der Waals surface area contributed by atoms with Crippen molar-refractivity contribution in [3.05, 3.63) is 78.6 Å². The third-order valence-electron chi connectivity index (χ3n) is 6.81. The number of fused-ring (bicyclic) bond motifs is 2. The first kappa shape index (κ1) is 26.1. The van der Waals surface area contributed by atoms with Crippen molar-refractivity contribution in [2.75, 3.05) is 23.9 Å². The molecule has 0 unspecified atom stereocenters. The maximum atomic E-state index is 13.7. The minimum absolute atomic E-state index is 0.0426. The molecule has 0 aliphatic carbocycles. The number of nitrogens with one attached hydrogen (secondary N) is 1. The molecule has 2 aliphatic heterocycles. The molecule has 1 N–H and O–H groups in total. The number of nitrogens with zero attached hydrogens (tertiary/aromatic N) is 5. The van der Waals surface area contributed by atoms with Gasteiger partial charge in [-0.25, -0.2) is 24.1 Å². The van der Waals surface area contributed by atoms with Crippen LogP contribution in [0.3, 0.4) is 0 Å². The average molecular weight is 549 g/mol. The Labute approximate surface area is 229 Å². The summed E-state index contributed by atoms with van der Waals surface area (Å²) in [5.41, 5.74) is 2.52. The summed E-state index contributed by atoms with van der Waals surface area (Å²) in [6.45, 7) is 4.04. The number of hydrogen-bond acceptors (Lipinski definition) is 9. The van der Waals surface area contributed by atoms with Crippen LogP contribution >= 0.6 is 0 Å². The van der Waals surface area contributed by atoms with E-state index in [9.17, 15) is 9.18 Å². The zero-order valence-electron chi connectivity index (χ0n) is 22.2. The summed E-state index contributed by atoms with van der Waals surface area (Å²) in [5, 5.41) is 2.70. The zero-order valence-corrected chi connectivity index (χ0v) is 22.2. The van der Waals surface area contributed by atoms with Crippen molar-refractivity contribution < 1.29 is 28.1 Å². The maximum Gasteiger partial charge on any atom is 0.411 e. The molecular weight excluding hydrogens is 519 g/mol. The molecule has 0 spiro atoms. The number of halogens is 1. The van der Waals surface area contributed by atoms with Crippen LogP contribution in [0, 0.1) is 5.82 Å². The molecule has 2 fully saturated rings. The average Bonchev–Trinajstić information content (AvgIpc) is 3.58. The second kappa shape index (κ2) is 10.5. The van der Waals surface area contributed by atoms with Gasteiger partial charge in [-0.2, -0.15) is 0 Å². The van der Waals surface area contributed by atoms with Gasteiger partial charge < -0.3 is 23.8 Å². The Morgan fingerprint density at radius 3 is 2.70 bits per heavy atom. The molecule has 0 bridgehead atoms. The van der Waals surface area contributed by atoms with Crippen molar-refractivity contribution in [2.24, 2.45) is 0 Å². The molecule has 0 saturated carbocycles. The fraction of sp³-hybridized carbons (Fsp3) is 0.357. The lowest BCUT2D eigenvalue weighted by atomic mass is 10.1. The van der Waals surface area contributed by atoms with Crippen LogP contribution in [-0.4, -0.2) is 63.4 Å². The minimum atomic E-state index is -0.858. The summed E-state index contributed by atoms with van der Waals surface area (Å²) >= 11 is 0. The monoisotopic (exact) mass is 548 g/mol. The highest BCUT2D eigenvalue weighted by molar-refractivity contribution is 5.84. The quantitative estimate of drug-likeness (QED) is 0.362. The predicted octanol–water partition coefficient (Wildman–Crippen LogP) is 4.27. The summed E-state index contributed by atoms with van der Waals surface area (Å²) in [6.07, 6.45) is 0.266. The molecule has 2 aromatic heterocycles. The number of anilines is 2. The van der Waals surface area contributed by atoms with Crippen LogP contribution in [0.2, 0.25) is 0 Å². The first-order valence-corrected chi connectivity index (χ1v) is 12.9. The summed E-state index contributed by atoms with van der Waals surface area (Å²) in [7, 11) is 1.86. The molecule has 4 atom stereocenters. The van der Waals surface area contributed by atoms with Crippen molar-refractivity contribution in [1.82, 2.24) is 19.5 Å². The number of hydrogen-bond donors (Lipinski definition) is 1. The SMILES string of the molecule is CN(Cc1cccc(F)c1)c1ncnc2c1ncn2[C@@H]1O[C@H](COC(=O)Nc2ccccc2)[C@H]2OC(C)(C)O[C@H]21. The largest absolute Gasteiger partial charge is 0.446 e. The van der Waals surface area contributed by atoms with Gasteiger partial charge in [0, 0.05) is 19.3 Å². The van der Waals surface area contributed by atoms with Gasteiger partial charge in [0.25, 0.3) is 0 Å². The van der Waals surface area contributed by atoms with E-state index in [0.717, 1.165) is 5.56 Å². The lowest BCUT2D eigenvalue weighted by molar-refractivity contribution is -0.199. The molecule has 4 aromatic rings. The molecule has 208 valence electrons. The van der Waals surface area contributed by atoms with Crippen molar-refractivity contribution in [3.63, 3.8) is 0 Å². The standard InChI is InChI=1S/C28H29FN6O5/c1-28(2)39-22-20(14-37-27(36)33-19-10-5-4-6-11-19)38-26(23(22)40-28)35-16-32-21-24(30-15-31-25(21)35)34(3)13-17-8-7-9-18(29)12-17/h4-12,15-16,20,22-23,26H,13-14H2,1-3H3,(H,33,36)/t20-,22-,23-,26-/m1/s1. The molecule has 1 amide bonds. The Morgan fingerprint density at radius 1 is 1.10 bits per heavy atom. The first-order chi connectivity index (χ1) is 19.3. The van der Waals surface area contributed by atoms with E-state index in [1.807, 2.05) is 50.1 Å². The van der Waals surface area contributed by atoms with Crippen LogP contribution in [0.4, 0.5) is 20.7 Å². The first-order valence-electron chi connectivity index (χ1n) is 12.9. The summed E-state index contributed by atoms with van der Waals surface area (Å²) in [6, 6.07) is 15.5. The van der Waals surface area contributed by atoms with Crippen LogP contribution in [0.15, 0.2) is 67.3 Å². The number of carbonyl (C=O) groups excluding carboxylic acids is 1. The molecule has 40 heavy (non-hydrogen) atoms. The predicted molar refractivity (Wildman–Crippen MR) is 143 cm³/mol. The van der Waals surface area contributed by atoms with Crippen molar-refractivity contribution in [2.45, 2.75) is 50.7 Å². The second-order valence-corrected chi connectivity index (χ2v) is 10.2. The highest BCUT2D eigenvalue weighted by Crippen LogP contribution is 2.44. The summed E-state index contributed by atoms with van der Waals surface area (Å²) < 4.78 is 39.7. The van der Waals surface area contributed by atoms with Gasteiger partial charge in [-0.3, -0.25) is 9.88 Å². The van der Waals surface area contributed by atoms with Crippen LogP contribution in [-0.2, 0) is 25.5 Å². The molecule has 2 aliphatic rings. The van der Waals surface area contributed by atoms with Gasteiger partial charge in [0.2, 0.25) is 0 Å². The Balaban J connectivity index is 1.22. The minimum Gasteiger partial charge on any atom is -0.446 e. The van der Waals surface area contributed by atoms with Gasteiger partial charge in [0.1, 0.15) is 37.1 Å². The van der Waals surface area contributed by atoms with Crippen LogP contribution in [0.1, 0.15) is 25.6 Å². The van der Waals surface area contributed by atoms with E-state index >= 15 is 0 Å². The number of amides is 1. The molecular formula is C28H29FN6O5. The van der Waals surface area contributed by atoms with Crippen LogP contribution in [0.5, 0.6) is 0 Å². The molecule has 2 saturated heterocycles. The number of rotatable bonds is 7. The Hall–Kier alpha value is -4.13. The van der Waals surface area contributed by atoms with E-state index in [4.69, 9.17) is 18.9 Å².